The van der Waals surface area contributed by atoms with E-state index < -0.39 is 46.2 Å². The molecule has 0 amide bonds. The highest BCUT2D eigenvalue weighted by molar-refractivity contribution is 6.04. The standard InChI is InChI=1S/C38H38N2O12.C16H22O3/c1-3-4-5-6-7-8-19-49-34-22-32(39)30(21-33(34)40(47)48)24-9-11-25(12-10-24)37(45)52-28-16-14-27(15-17-28)50-23(2)51-38(46)31-20-26(35(41)42)13-18-29(31)36(43)44;1-2-16(17)19-14-10-5-3-4-9-13-18-15-11-7-6-8-12-15/h9-18,20-23H,3-8,19,39H2,1-2H3,(H,41,42)(H,43,44);2,6-8,11-12H,1,3-5,9-10,13-14H2. The first-order valence-electron chi connectivity index (χ1n) is 23.3. The van der Waals surface area contributed by atoms with Crippen LogP contribution < -0.4 is 24.7 Å². The maximum absolute atomic E-state index is 12.9. The van der Waals surface area contributed by atoms with Gasteiger partial charge in [0.25, 0.3) is 0 Å². The Morgan fingerprint density at radius 2 is 1.25 bits per heavy atom. The molecule has 0 aliphatic rings. The third-order valence-corrected chi connectivity index (χ3v) is 10.6. The Labute approximate surface area is 412 Å². The number of carboxylic acid groups (broad SMARTS) is 2. The summed E-state index contributed by atoms with van der Waals surface area (Å²) >= 11 is 0. The van der Waals surface area contributed by atoms with Gasteiger partial charge in [0.2, 0.25) is 6.29 Å². The number of nitro benzene ring substituents is 1. The summed E-state index contributed by atoms with van der Waals surface area (Å²) in [7, 11) is 0. The fourth-order valence-electron chi connectivity index (χ4n) is 6.83. The van der Waals surface area contributed by atoms with Crippen molar-refractivity contribution in [3.05, 3.63) is 154 Å². The summed E-state index contributed by atoms with van der Waals surface area (Å²) in [6, 6.07) is 27.6. The first-order chi connectivity index (χ1) is 34.2. The van der Waals surface area contributed by atoms with Crippen molar-refractivity contribution in [1.29, 1.82) is 0 Å². The zero-order chi connectivity index (χ0) is 51.5. The molecule has 1 atom stereocenters. The number of para-hydroxylation sites is 1. The number of nitrogen functional groups attached to an aromatic ring is 1. The van der Waals surface area contributed by atoms with Gasteiger partial charge in [-0.05, 0) is 91.6 Å². The van der Waals surface area contributed by atoms with Crippen LogP contribution in [0.4, 0.5) is 11.4 Å². The number of nitrogens with zero attached hydrogens (tertiary/aromatic N) is 1. The Morgan fingerprint density at radius 1 is 0.662 bits per heavy atom. The maximum Gasteiger partial charge on any atom is 0.343 e. The van der Waals surface area contributed by atoms with Crippen LogP contribution in [0.5, 0.6) is 23.0 Å². The van der Waals surface area contributed by atoms with Crippen LogP contribution in [0.25, 0.3) is 11.1 Å². The van der Waals surface area contributed by atoms with Crippen LogP contribution in [-0.4, -0.2) is 71.1 Å². The van der Waals surface area contributed by atoms with Gasteiger partial charge in [0.1, 0.15) is 17.2 Å². The van der Waals surface area contributed by atoms with E-state index >= 15 is 0 Å². The number of rotatable bonds is 28. The molecule has 0 bridgehead atoms. The van der Waals surface area contributed by atoms with Crippen molar-refractivity contribution in [1.82, 2.24) is 0 Å². The van der Waals surface area contributed by atoms with E-state index in [1.54, 1.807) is 12.1 Å². The average Bonchev–Trinajstić information content (AvgIpc) is 3.36. The molecule has 0 aliphatic carbocycles. The number of nitro groups is 1. The molecule has 0 saturated carbocycles. The molecule has 0 fully saturated rings. The third-order valence-electron chi connectivity index (χ3n) is 10.6. The first-order valence-corrected chi connectivity index (χ1v) is 23.3. The molecule has 0 heterocycles. The molecule has 5 rings (SSSR count). The van der Waals surface area contributed by atoms with Gasteiger partial charge in [0.05, 0.1) is 47.0 Å². The highest BCUT2D eigenvalue weighted by atomic mass is 16.7. The number of anilines is 1. The molecule has 0 aromatic heterocycles. The lowest BCUT2D eigenvalue weighted by molar-refractivity contribution is -0.385. The Bertz CT molecular complexity index is 2550. The number of aromatic carboxylic acids is 2. The molecule has 0 saturated heterocycles. The van der Waals surface area contributed by atoms with E-state index in [0.29, 0.717) is 24.3 Å². The van der Waals surface area contributed by atoms with Crippen LogP contribution >= 0.6 is 0 Å². The SMILES string of the molecule is C=CC(=O)OCCCCCCCOc1ccccc1.CCCCCCCCOc1cc(N)c(-c2ccc(C(=O)Oc3ccc(OC(C)OC(=O)c4cc(C(=O)O)ccc4C(=O)O)cc3)cc2)cc1[N+](=O)[O-]. The van der Waals surface area contributed by atoms with E-state index in [2.05, 4.69) is 13.5 Å². The molecular formula is C54H60N2O15. The molecule has 4 N–H and O–H groups in total. The van der Waals surface area contributed by atoms with Gasteiger partial charge in [-0.25, -0.2) is 24.0 Å². The number of ether oxygens (including phenoxy) is 6. The zero-order valence-electron chi connectivity index (χ0n) is 39.9. The predicted octanol–water partition coefficient (Wildman–Crippen LogP) is 11.5. The van der Waals surface area contributed by atoms with Gasteiger partial charge in [0, 0.05) is 36.4 Å². The number of benzene rings is 5. The van der Waals surface area contributed by atoms with Crippen LogP contribution in [0.15, 0.2) is 122 Å². The second kappa shape index (κ2) is 29.6. The molecule has 0 radical (unpaired) electrons. The van der Waals surface area contributed by atoms with E-state index in [1.807, 2.05) is 30.3 Å². The van der Waals surface area contributed by atoms with Crippen LogP contribution in [0, 0.1) is 10.1 Å². The number of esters is 3. The molecule has 5 aromatic rings. The molecule has 376 valence electrons. The summed E-state index contributed by atoms with van der Waals surface area (Å²) in [6.07, 6.45) is 11.6. The minimum absolute atomic E-state index is 0.101. The van der Waals surface area contributed by atoms with Gasteiger partial charge in [-0.15, -0.1) is 0 Å². The van der Waals surface area contributed by atoms with Gasteiger partial charge in [-0.1, -0.05) is 95.2 Å². The van der Waals surface area contributed by atoms with E-state index in [-0.39, 0.29) is 45.7 Å². The van der Waals surface area contributed by atoms with Crippen molar-refractivity contribution in [2.24, 2.45) is 0 Å². The average molecular weight is 977 g/mol. The summed E-state index contributed by atoms with van der Waals surface area (Å²) in [5.41, 5.74) is 6.30. The van der Waals surface area contributed by atoms with Crippen molar-refractivity contribution >= 4 is 41.2 Å². The first kappa shape index (κ1) is 55.4. The minimum Gasteiger partial charge on any atom is -0.494 e. The highest BCUT2D eigenvalue weighted by Crippen LogP contribution is 2.37. The Morgan fingerprint density at radius 3 is 1.86 bits per heavy atom. The van der Waals surface area contributed by atoms with Gasteiger partial charge in [-0.3, -0.25) is 10.1 Å². The highest BCUT2D eigenvalue weighted by Gasteiger charge is 2.23. The van der Waals surface area contributed by atoms with Crippen LogP contribution in [0.1, 0.15) is 126 Å². The van der Waals surface area contributed by atoms with E-state index in [1.165, 1.54) is 68.0 Å². The second-order valence-corrected chi connectivity index (χ2v) is 16.0. The molecule has 17 heteroatoms. The van der Waals surface area contributed by atoms with Gasteiger partial charge in [0.15, 0.2) is 5.75 Å². The monoisotopic (exact) mass is 976 g/mol. The summed E-state index contributed by atoms with van der Waals surface area (Å²) < 4.78 is 32.4. The van der Waals surface area contributed by atoms with Crippen molar-refractivity contribution in [2.45, 2.75) is 90.8 Å². The number of hydrogen-bond acceptors (Lipinski definition) is 14. The van der Waals surface area contributed by atoms with Crippen molar-refractivity contribution in [2.75, 3.05) is 25.6 Å². The van der Waals surface area contributed by atoms with Gasteiger partial charge in [-0.2, -0.15) is 0 Å². The topological polar surface area (TPSA) is 250 Å². The largest absolute Gasteiger partial charge is 0.494 e. The Kier molecular flexibility index (Phi) is 23.1. The van der Waals surface area contributed by atoms with Crippen molar-refractivity contribution < 1.29 is 67.5 Å². The second-order valence-electron chi connectivity index (χ2n) is 16.0. The van der Waals surface area contributed by atoms with Gasteiger partial charge >= 0.3 is 35.5 Å². The number of carboxylic acids is 2. The number of nitrogens with two attached hydrogens (primary N) is 1. The fraction of sp³-hybridized carbons (Fsp3) is 0.315. The van der Waals surface area contributed by atoms with Crippen LogP contribution in [0.3, 0.4) is 0 Å². The number of carbonyl (C=O) groups is 5. The van der Waals surface area contributed by atoms with E-state index in [4.69, 9.17) is 34.2 Å². The number of unbranched alkanes of at least 4 members (excludes halogenated alkanes) is 9. The summed E-state index contributed by atoms with van der Waals surface area (Å²) in [4.78, 5) is 70.4. The van der Waals surface area contributed by atoms with Crippen LogP contribution in [-0.2, 0) is 14.3 Å². The normalized spacial score (nSPS) is 10.9. The van der Waals surface area contributed by atoms with Gasteiger partial charge < -0.3 is 44.4 Å². The predicted molar refractivity (Wildman–Crippen MR) is 265 cm³/mol. The molecule has 1 unspecified atom stereocenters. The Balaban J connectivity index is 0.000000482. The Hall–Kier alpha value is -8.21. The minimum atomic E-state index is -1.44. The lowest BCUT2D eigenvalue weighted by Crippen LogP contribution is -2.23. The smallest absolute Gasteiger partial charge is 0.343 e. The summed E-state index contributed by atoms with van der Waals surface area (Å²) in [6.45, 7) is 8.46. The molecule has 5 aromatic carbocycles. The van der Waals surface area contributed by atoms with Crippen molar-refractivity contribution in [3.63, 3.8) is 0 Å². The van der Waals surface area contributed by atoms with E-state index in [9.17, 15) is 44.3 Å². The van der Waals surface area contributed by atoms with Crippen LogP contribution in [0.2, 0.25) is 0 Å². The summed E-state index contributed by atoms with van der Waals surface area (Å²) in [5.74, 6) is -3.50. The molecule has 17 nitrogen and oxygen atoms in total. The third kappa shape index (κ3) is 19.0. The quantitative estimate of drug-likeness (QED) is 0.00616. The molecule has 0 spiro atoms. The fourth-order valence-corrected chi connectivity index (χ4v) is 6.83. The summed E-state index contributed by atoms with van der Waals surface area (Å²) in [5, 5.41) is 30.4. The lowest BCUT2D eigenvalue weighted by atomic mass is 10.0. The number of carbonyl (C=O) groups excluding carboxylic acids is 3. The molecule has 71 heavy (non-hydrogen) atoms. The van der Waals surface area contributed by atoms with Crippen molar-refractivity contribution in [3.8, 4) is 34.1 Å². The maximum atomic E-state index is 12.9. The molecular weight excluding hydrogens is 917 g/mol. The molecule has 0 aliphatic heterocycles. The zero-order valence-corrected chi connectivity index (χ0v) is 39.9. The number of hydrogen-bond donors (Lipinski definition) is 3. The lowest BCUT2D eigenvalue weighted by Gasteiger charge is -2.16. The van der Waals surface area contributed by atoms with E-state index in [0.717, 1.165) is 94.8 Å².